The smallest absolute Gasteiger partial charge is 0.289 e. The van der Waals surface area contributed by atoms with Gasteiger partial charge in [0.15, 0.2) is 4.90 Å². The summed E-state index contributed by atoms with van der Waals surface area (Å²) in [6.07, 6.45) is 3.11. The summed E-state index contributed by atoms with van der Waals surface area (Å²) in [4.78, 5) is 12.1. The quantitative estimate of drug-likeness (QED) is 0.536. The Morgan fingerprint density at radius 1 is 1.26 bits per heavy atom. The van der Waals surface area contributed by atoms with Crippen molar-refractivity contribution in [3.8, 4) is 0 Å². The molecule has 3 rings (SSSR count). The van der Waals surface area contributed by atoms with E-state index in [1.165, 1.54) is 35.6 Å². The van der Waals surface area contributed by atoms with Crippen LogP contribution in [0.1, 0.15) is 48.5 Å². The van der Waals surface area contributed by atoms with Crippen LogP contribution in [0.5, 0.6) is 0 Å². The van der Waals surface area contributed by atoms with Crippen LogP contribution < -0.4 is 4.72 Å². The molecule has 1 heterocycles. The van der Waals surface area contributed by atoms with Crippen molar-refractivity contribution in [1.29, 1.82) is 0 Å². The van der Waals surface area contributed by atoms with E-state index < -0.39 is 26.7 Å². The number of aliphatic hydroxyl groups excluding tert-OH is 1. The molecule has 27 heavy (non-hydrogen) atoms. The molecule has 2 aromatic rings. The largest absolute Gasteiger partial charge is 0.388 e. The summed E-state index contributed by atoms with van der Waals surface area (Å²) in [6, 6.07) is 9.19. The van der Waals surface area contributed by atoms with Crippen LogP contribution in [0.25, 0.3) is 0 Å². The summed E-state index contributed by atoms with van der Waals surface area (Å²) in [5.41, 5.74) is -0.771. The number of nitrogens with zero attached hydrogens (tertiary/aromatic N) is 1. The summed E-state index contributed by atoms with van der Waals surface area (Å²) in [5, 5.41) is 21.0. The summed E-state index contributed by atoms with van der Waals surface area (Å²) in [5.74, 6) is 0. The van der Waals surface area contributed by atoms with Gasteiger partial charge in [0.25, 0.3) is 5.69 Å². The average molecular weight is 411 g/mol. The first-order chi connectivity index (χ1) is 12.8. The first-order valence-electron chi connectivity index (χ1n) is 8.77. The number of hydrogen-bond donors (Lipinski definition) is 2. The van der Waals surface area contributed by atoms with Crippen molar-refractivity contribution in [2.75, 3.05) is 6.54 Å². The SMILES string of the molecule is CC(O)c1ccc(C2(CNS(=O)(=O)c3ccccc3[N+](=O)[O-])CCCC2)s1. The number of nitro groups is 1. The second-order valence-corrected chi connectivity index (χ2v) is 9.77. The van der Waals surface area contributed by atoms with E-state index in [1.807, 2.05) is 12.1 Å². The standard InChI is InChI=1S/C18H22N2O5S2/c1-13(21)15-8-9-17(26-15)18(10-4-5-11-18)12-19-27(24,25)16-7-3-2-6-14(16)20(22)23/h2-3,6-9,13,19,21H,4-5,10-12H2,1H3. The maximum absolute atomic E-state index is 12.7. The van der Waals surface area contributed by atoms with Gasteiger partial charge >= 0.3 is 0 Å². The second kappa shape index (κ2) is 7.67. The Bertz CT molecular complexity index is 931. The third-order valence-electron chi connectivity index (χ3n) is 5.07. The Kier molecular flexibility index (Phi) is 5.66. The fourth-order valence-corrected chi connectivity index (χ4v) is 6.06. The molecule has 1 aromatic carbocycles. The molecular formula is C18H22N2O5S2. The van der Waals surface area contributed by atoms with Crippen molar-refractivity contribution in [1.82, 2.24) is 4.72 Å². The van der Waals surface area contributed by atoms with E-state index in [1.54, 1.807) is 6.92 Å². The highest BCUT2D eigenvalue weighted by Gasteiger charge is 2.39. The zero-order chi connectivity index (χ0) is 19.7. The maximum Gasteiger partial charge on any atom is 0.289 e. The number of aliphatic hydroxyl groups is 1. The molecule has 1 aliphatic rings. The first-order valence-corrected chi connectivity index (χ1v) is 11.1. The van der Waals surface area contributed by atoms with E-state index in [4.69, 9.17) is 0 Å². The average Bonchev–Trinajstić information content (AvgIpc) is 3.30. The van der Waals surface area contributed by atoms with E-state index in [-0.39, 0.29) is 16.9 Å². The summed E-state index contributed by atoms with van der Waals surface area (Å²) < 4.78 is 28.1. The highest BCUT2D eigenvalue weighted by atomic mass is 32.2. The van der Waals surface area contributed by atoms with Crippen molar-refractivity contribution in [3.63, 3.8) is 0 Å². The normalized spacial score (nSPS) is 17.7. The molecule has 0 bridgehead atoms. The molecule has 0 aliphatic heterocycles. The fraction of sp³-hybridized carbons (Fsp3) is 0.444. The van der Waals surface area contributed by atoms with Gasteiger partial charge in [-0.2, -0.15) is 0 Å². The number of thiophene rings is 1. The van der Waals surface area contributed by atoms with E-state index in [9.17, 15) is 23.6 Å². The Labute approximate surface area is 162 Å². The summed E-state index contributed by atoms with van der Waals surface area (Å²) in [7, 11) is -4.02. The minimum absolute atomic E-state index is 0.182. The molecule has 1 unspecified atom stereocenters. The lowest BCUT2D eigenvalue weighted by Crippen LogP contribution is -2.38. The van der Waals surface area contributed by atoms with Gasteiger partial charge in [0.05, 0.1) is 11.0 Å². The van der Waals surface area contributed by atoms with Gasteiger partial charge < -0.3 is 5.11 Å². The van der Waals surface area contributed by atoms with Gasteiger partial charge in [0.1, 0.15) is 0 Å². The number of para-hydroxylation sites is 1. The molecule has 1 aromatic heterocycles. The van der Waals surface area contributed by atoms with Crippen molar-refractivity contribution in [2.24, 2.45) is 0 Å². The predicted molar refractivity (Wildman–Crippen MR) is 103 cm³/mol. The Morgan fingerprint density at radius 3 is 2.52 bits per heavy atom. The number of rotatable bonds is 7. The third-order valence-corrected chi connectivity index (χ3v) is 8.02. The van der Waals surface area contributed by atoms with Crippen LogP contribution in [0.15, 0.2) is 41.3 Å². The van der Waals surface area contributed by atoms with Crippen LogP contribution in [0, 0.1) is 10.1 Å². The maximum atomic E-state index is 12.7. The molecule has 0 radical (unpaired) electrons. The van der Waals surface area contributed by atoms with Gasteiger partial charge in [-0.15, -0.1) is 11.3 Å². The van der Waals surface area contributed by atoms with Crippen LogP contribution in [0.4, 0.5) is 5.69 Å². The highest BCUT2D eigenvalue weighted by molar-refractivity contribution is 7.89. The molecule has 0 spiro atoms. The predicted octanol–water partition coefficient (Wildman–Crippen LogP) is 3.50. The summed E-state index contributed by atoms with van der Waals surface area (Å²) >= 11 is 1.50. The Balaban J connectivity index is 1.87. The molecule has 1 aliphatic carbocycles. The molecule has 7 nitrogen and oxygen atoms in total. The van der Waals surface area contributed by atoms with E-state index in [0.717, 1.165) is 35.4 Å². The zero-order valence-corrected chi connectivity index (χ0v) is 16.6. The summed E-state index contributed by atoms with van der Waals surface area (Å²) in [6.45, 7) is 1.88. The van der Waals surface area contributed by atoms with Gasteiger partial charge in [0.2, 0.25) is 10.0 Å². The van der Waals surface area contributed by atoms with Crippen molar-refractivity contribution < 1.29 is 18.4 Å². The van der Waals surface area contributed by atoms with Gasteiger partial charge in [-0.1, -0.05) is 25.0 Å². The Morgan fingerprint density at radius 2 is 1.93 bits per heavy atom. The van der Waals surface area contributed by atoms with Gasteiger partial charge in [-0.3, -0.25) is 10.1 Å². The molecule has 1 saturated carbocycles. The van der Waals surface area contributed by atoms with Gasteiger partial charge in [0, 0.05) is 27.8 Å². The van der Waals surface area contributed by atoms with E-state index in [0.29, 0.717) is 0 Å². The minimum Gasteiger partial charge on any atom is -0.388 e. The molecule has 1 fully saturated rings. The number of benzene rings is 1. The number of nitro benzene ring substituents is 1. The van der Waals surface area contributed by atoms with Crippen LogP contribution in [-0.4, -0.2) is 25.0 Å². The van der Waals surface area contributed by atoms with E-state index >= 15 is 0 Å². The van der Waals surface area contributed by atoms with Crippen LogP contribution >= 0.6 is 11.3 Å². The third kappa shape index (κ3) is 4.06. The molecule has 1 atom stereocenters. The lowest BCUT2D eigenvalue weighted by atomic mass is 9.85. The molecule has 0 saturated heterocycles. The van der Waals surface area contributed by atoms with Gasteiger partial charge in [-0.25, -0.2) is 13.1 Å². The molecule has 146 valence electrons. The second-order valence-electron chi connectivity index (χ2n) is 6.91. The number of nitrogens with one attached hydrogen (secondary N) is 1. The van der Waals surface area contributed by atoms with Crippen molar-refractivity contribution in [2.45, 2.75) is 49.0 Å². The van der Waals surface area contributed by atoms with Crippen LogP contribution in [-0.2, 0) is 15.4 Å². The molecule has 2 N–H and O–H groups in total. The fourth-order valence-electron chi connectivity index (χ4n) is 3.57. The van der Waals surface area contributed by atoms with E-state index in [2.05, 4.69) is 4.72 Å². The van der Waals surface area contributed by atoms with Crippen LogP contribution in [0.3, 0.4) is 0 Å². The first kappa shape index (κ1) is 19.9. The molecule has 9 heteroatoms. The number of hydrogen-bond acceptors (Lipinski definition) is 6. The van der Waals surface area contributed by atoms with Crippen molar-refractivity contribution in [3.05, 3.63) is 56.3 Å². The molecule has 0 amide bonds. The monoisotopic (exact) mass is 410 g/mol. The zero-order valence-electron chi connectivity index (χ0n) is 14.9. The minimum atomic E-state index is -4.02. The Hall–Kier alpha value is -1.81. The molecular weight excluding hydrogens is 388 g/mol. The van der Waals surface area contributed by atoms with Crippen LogP contribution in [0.2, 0.25) is 0 Å². The van der Waals surface area contributed by atoms with Gasteiger partial charge in [-0.05, 0) is 38.0 Å². The van der Waals surface area contributed by atoms with Crippen molar-refractivity contribution >= 4 is 27.0 Å². The lowest BCUT2D eigenvalue weighted by molar-refractivity contribution is -0.387. The highest BCUT2D eigenvalue weighted by Crippen LogP contribution is 2.44. The topological polar surface area (TPSA) is 110 Å². The number of sulfonamides is 1. The lowest BCUT2D eigenvalue weighted by Gasteiger charge is -2.28.